The van der Waals surface area contributed by atoms with Gasteiger partial charge in [-0.05, 0) is 49.6 Å². The first kappa shape index (κ1) is 26.7. The van der Waals surface area contributed by atoms with Crippen molar-refractivity contribution < 1.29 is 23.8 Å². The fourth-order valence-electron chi connectivity index (χ4n) is 4.46. The van der Waals surface area contributed by atoms with Gasteiger partial charge in [0.1, 0.15) is 18.0 Å². The van der Waals surface area contributed by atoms with E-state index in [-0.39, 0.29) is 24.5 Å². The Kier molecular flexibility index (Phi) is 9.19. The van der Waals surface area contributed by atoms with E-state index >= 15 is 0 Å². The van der Waals surface area contributed by atoms with Gasteiger partial charge in [-0.2, -0.15) is 0 Å². The Morgan fingerprint density at radius 2 is 1.81 bits per heavy atom. The van der Waals surface area contributed by atoms with Crippen LogP contribution in [0.25, 0.3) is 0 Å². The van der Waals surface area contributed by atoms with E-state index in [1.807, 2.05) is 35.2 Å². The summed E-state index contributed by atoms with van der Waals surface area (Å²) in [5.41, 5.74) is 1.43. The average molecular weight is 523 g/mol. The molecule has 2 aromatic carbocycles. The number of thiophene rings is 1. The molecule has 37 heavy (non-hydrogen) atoms. The molecule has 0 bridgehead atoms. The van der Waals surface area contributed by atoms with Gasteiger partial charge in [-0.15, -0.1) is 11.3 Å². The fourth-order valence-corrected chi connectivity index (χ4v) is 5.36. The number of carbonyl (C=O) groups excluding carboxylic acids is 2. The first-order valence-corrected chi connectivity index (χ1v) is 13.3. The van der Waals surface area contributed by atoms with Crippen LogP contribution in [-0.2, 0) is 22.6 Å². The molecular weight excluding hydrogens is 488 g/mol. The topological polar surface area (TPSA) is 68.3 Å². The van der Waals surface area contributed by atoms with Gasteiger partial charge in [0, 0.05) is 35.5 Å². The van der Waals surface area contributed by atoms with Crippen LogP contribution < -0.4 is 9.47 Å². The summed E-state index contributed by atoms with van der Waals surface area (Å²) in [4.78, 5) is 33.3. The lowest BCUT2D eigenvalue weighted by Gasteiger charge is -2.29. The van der Waals surface area contributed by atoms with Crippen molar-refractivity contribution in [3.8, 4) is 11.5 Å². The summed E-state index contributed by atoms with van der Waals surface area (Å²) in [7, 11) is 3.08. The molecule has 196 valence electrons. The van der Waals surface area contributed by atoms with Crippen LogP contribution in [0.2, 0.25) is 0 Å². The monoisotopic (exact) mass is 522 g/mol. The van der Waals surface area contributed by atoms with E-state index in [0.29, 0.717) is 43.3 Å². The van der Waals surface area contributed by atoms with E-state index in [9.17, 15) is 9.59 Å². The van der Waals surface area contributed by atoms with Crippen LogP contribution >= 0.6 is 11.3 Å². The smallest absolute Gasteiger partial charge is 0.258 e. The molecule has 0 N–H and O–H groups in total. The van der Waals surface area contributed by atoms with Gasteiger partial charge in [-0.25, -0.2) is 0 Å². The third-order valence-corrected chi connectivity index (χ3v) is 7.40. The van der Waals surface area contributed by atoms with Crippen molar-refractivity contribution >= 4 is 23.2 Å². The second-order valence-corrected chi connectivity index (χ2v) is 10.5. The Bertz CT molecular complexity index is 1190. The minimum atomic E-state index is -0.269. The van der Waals surface area contributed by atoms with E-state index < -0.39 is 0 Å². The van der Waals surface area contributed by atoms with Crippen LogP contribution in [0.15, 0.2) is 60.7 Å². The maximum atomic E-state index is 13.8. The molecule has 1 atom stereocenters. The molecule has 7 nitrogen and oxygen atoms in total. The lowest BCUT2D eigenvalue weighted by atomic mass is 10.1. The number of amides is 2. The van der Waals surface area contributed by atoms with Crippen LogP contribution in [-0.4, -0.2) is 61.6 Å². The average Bonchev–Trinajstić information content (AvgIpc) is 3.59. The number of methoxy groups -OCH3 is 2. The second-order valence-electron chi connectivity index (χ2n) is 9.13. The van der Waals surface area contributed by atoms with E-state index in [4.69, 9.17) is 14.2 Å². The number of benzene rings is 2. The molecule has 1 saturated heterocycles. The molecule has 3 aromatic rings. The van der Waals surface area contributed by atoms with Gasteiger partial charge in [0.25, 0.3) is 5.91 Å². The van der Waals surface area contributed by atoms with Gasteiger partial charge in [0.05, 0.1) is 32.4 Å². The quantitative estimate of drug-likeness (QED) is 0.358. The SMILES string of the molecule is COc1ccc(C(=O)N(CC(=O)N(Cc2ccccc2)Cc2ccc(C)s2)CC2CCCO2)c(OC)c1. The number of nitrogens with zero attached hydrogens (tertiary/aromatic N) is 2. The molecule has 0 radical (unpaired) electrons. The summed E-state index contributed by atoms with van der Waals surface area (Å²) >= 11 is 1.68. The van der Waals surface area contributed by atoms with E-state index in [2.05, 4.69) is 19.1 Å². The second kappa shape index (κ2) is 12.7. The minimum Gasteiger partial charge on any atom is -0.497 e. The zero-order valence-electron chi connectivity index (χ0n) is 21.6. The Labute approximate surface area is 222 Å². The molecule has 1 unspecified atom stereocenters. The highest BCUT2D eigenvalue weighted by molar-refractivity contribution is 7.11. The van der Waals surface area contributed by atoms with Gasteiger partial charge in [-0.1, -0.05) is 30.3 Å². The molecule has 1 aliphatic heterocycles. The fraction of sp³-hybridized carbons (Fsp3) is 0.379. The third-order valence-electron chi connectivity index (χ3n) is 6.41. The first-order valence-electron chi connectivity index (χ1n) is 12.5. The molecule has 1 fully saturated rings. The Morgan fingerprint density at radius 1 is 1.00 bits per heavy atom. The summed E-state index contributed by atoms with van der Waals surface area (Å²) in [5.74, 6) is 0.614. The summed E-state index contributed by atoms with van der Waals surface area (Å²) in [6.07, 6.45) is 1.72. The van der Waals surface area contributed by atoms with Crippen molar-refractivity contribution in [1.29, 1.82) is 0 Å². The highest BCUT2D eigenvalue weighted by atomic mass is 32.1. The highest BCUT2D eigenvalue weighted by Crippen LogP contribution is 2.27. The molecule has 2 heterocycles. The van der Waals surface area contributed by atoms with Gasteiger partial charge in [0.2, 0.25) is 5.91 Å². The normalized spacial score (nSPS) is 14.8. The number of carbonyl (C=O) groups is 2. The zero-order valence-corrected chi connectivity index (χ0v) is 22.5. The predicted molar refractivity (Wildman–Crippen MR) is 144 cm³/mol. The molecular formula is C29H34N2O5S. The summed E-state index contributed by atoms with van der Waals surface area (Å²) in [6, 6.07) is 19.1. The number of hydrogen-bond acceptors (Lipinski definition) is 6. The molecule has 0 saturated carbocycles. The van der Waals surface area contributed by atoms with Crippen molar-refractivity contribution in [2.75, 3.05) is 33.9 Å². The van der Waals surface area contributed by atoms with Crippen LogP contribution in [0.3, 0.4) is 0 Å². The van der Waals surface area contributed by atoms with E-state index in [0.717, 1.165) is 23.3 Å². The Balaban J connectivity index is 1.59. The van der Waals surface area contributed by atoms with Crippen LogP contribution in [0.1, 0.15) is 38.5 Å². The molecule has 0 spiro atoms. The maximum Gasteiger partial charge on any atom is 0.258 e. The highest BCUT2D eigenvalue weighted by Gasteiger charge is 2.29. The Morgan fingerprint density at radius 3 is 2.46 bits per heavy atom. The molecule has 1 aliphatic rings. The molecule has 4 rings (SSSR count). The Hall–Kier alpha value is -3.36. The lowest BCUT2D eigenvalue weighted by molar-refractivity contribution is -0.133. The van der Waals surface area contributed by atoms with E-state index in [1.54, 1.807) is 41.5 Å². The summed E-state index contributed by atoms with van der Waals surface area (Å²) in [5, 5.41) is 0. The van der Waals surface area contributed by atoms with Gasteiger partial charge >= 0.3 is 0 Å². The van der Waals surface area contributed by atoms with Gasteiger partial charge in [-0.3, -0.25) is 9.59 Å². The maximum absolute atomic E-state index is 13.8. The number of ether oxygens (including phenoxy) is 3. The van der Waals surface area contributed by atoms with Gasteiger partial charge in [0.15, 0.2) is 0 Å². The number of aryl methyl sites for hydroxylation is 1. The van der Waals surface area contributed by atoms with Crippen molar-refractivity contribution in [3.63, 3.8) is 0 Å². The summed E-state index contributed by atoms with van der Waals surface area (Å²) in [6.45, 7) is 3.97. The predicted octanol–water partition coefficient (Wildman–Crippen LogP) is 4.92. The molecule has 1 aromatic heterocycles. The van der Waals surface area contributed by atoms with E-state index in [1.165, 1.54) is 12.0 Å². The minimum absolute atomic E-state index is 0.0505. The van der Waals surface area contributed by atoms with Crippen LogP contribution in [0, 0.1) is 6.92 Å². The van der Waals surface area contributed by atoms with Crippen LogP contribution in [0.4, 0.5) is 0 Å². The molecule has 8 heteroatoms. The molecule has 2 amide bonds. The van der Waals surface area contributed by atoms with Crippen molar-refractivity contribution in [2.24, 2.45) is 0 Å². The zero-order chi connectivity index (χ0) is 26.2. The number of hydrogen-bond donors (Lipinski definition) is 0. The van der Waals surface area contributed by atoms with Crippen molar-refractivity contribution in [3.05, 3.63) is 81.5 Å². The van der Waals surface area contributed by atoms with Crippen molar-refractivity contribution in [1.82, 2.24) is 9.80 Å². The van der Waals surface area contributed by atoms with Crippen LogP contribution in [0.5, 0.6) is 11.5 Å². The first-order chi connectivity index (χ1) is 18.0. The lowest BCUT2D eigenvalue weighted by Crippen LogP contribution is -2.45. The number of rotatable bonds is 11. The third kappa shape index (κ3) is 7.11. The van der Waals surface area contributed by atoms with Crippen molar-refractivity contribution in [2.45, 2.75) is 39.0 Å². The summed E-state index contributed by atoms with van der Waals surface area (Å²) < 4.78 is 16.6. The standard InChI is InChI=1S/C29H34N2O5S/c1-21-11-13-25(37-21)19-30(17-22-8-5-4-6-9-22)28(32)20-31(18-24-10-7-15-36-24)29(33)26-14-12-23(34-2)16-27(26)35-3/h4-6,8-9,11-14,16,24H,7,10,15,17-20H2,1-3H3. The largest absolute Gasteiger partial charge is 0.497 e. The molecule has 0 aliphatic carbocycles. The van der Waals surface area contributed by atoms with Gasteiger partial charge < -0.3 is 24.0 Å².